The number of nitrogen functional groups attached to an aromatic ring is 1. The number of hydrogen-bond acceptors (Lipinski definition) is 4. The Balaban J connectivity index is 2.43. The normalized spacial score (nSPS) is 10.4. The van der Waals surface area contributed by atoms with Crippen LogP contribution in [-0.4, -0.2) is 5.16 Å². The first kappa shape index (κ1) is 7.64. The molecule has 0 spiro atoms. The molecule has 0 unspecified atom stereocenters. The summed E-state index contributed by atoms with van der Waals surface area (Å²) in [5.41, 5.74) is 6.09. The Labute approximate surface area is 77.7 Å². The smallest absolute Gasteiger partial charge is 0.222 e. The number of rotatable bonds is 1. The molecule has 0 amide bonds. The number of anilines is 1. The number of halogens is 1. The quantitative estimate of drug-likeness (QED) is 0.770. The van der Waals surface area contributed by atoms with E-state index in [2.05, 4.69) is 5.16 Å². The van der Waals surface area contributed by atoms with Crippen molar-refractivity contribution in [1.29, 1.82) is 0 Å². The average molecular weight is 201 g/mol. The zero-order chi connectivity index (χ0) is 8.55. The molecule has 3 nitrogen and oxygen atoms in total. The van der Waals surface area contributed by atoms with Gasteiger partial charge in [-0.05, 0) is 12.1 Å². The SMILES string of the molecule is Nc1cc(-c2ccc(Cl)s2)no1. The van der Waals surface area contributed by atoms with E-state index < -0.39 is 0 Å². The number of nitrogens with two attached hydrogens (primary N) is 1. The highest BCUT2D eigenvalue weighted by Crippen LogP contribution is 2.30. The van der Waals surface area contributed by atoms with Crippen LogP contribution in [0.4, 0.5) is 5.88 Å². The minimum Gasteiger partial charge on any atom is -0.368 e. The first-order chi connectivity index (χ1) is 5.75. The average Bonchev–Trinajstić information content (AvgIpc) is 2.58. The van der Waals surface area contributed by atoms with Crippen molar-refractivity contribution in [2.75, 3.05) is 5.73 Å². The van der Waals surface area contributed by atoms with Crippen LogP contribution in [0.15, 0.2) is 22.7 Å². The molecule has 0 saturated carbocycles. The van der Waals surface area contributed by atoms with Gasteiger partial charge in [0.05, 0.1) is 9.21 Å². The lowest BCUT2D eigenvalue weighted by Crippen LogP contribution is -1.75. The fourth-order valence-corrected chi connectivity index (χ4v) is 1.85. The van der Waals surface area contributed by atoms with Crippen molar-refractivity contribution in [3.05, 3.63) is 22.5 Å². The van der Waals surface area contributed by atoms with E-state index in [9.17, 15) is 0 Å². The minimum atomic E-state index is 0.314. The van der Waals surface area contributed by atoms with E-state index >= 15 is 0 Å². The van der Waals surface area contributed by atoms with Crippen molar-refractivity contribution < 1.29 is 4.52 Å². The maximum atomic E-state index is 5.75. The predicted octanol–water partition coefficient (Wildman–Crippen LogP) is 2.64. The van der Waals surface area contributed by atoms with E-state index in [4.69, 9.17) is 21.9 Å². The first-order valence-corrected chi connectivity index (χ1v) is 4.43. The van der Waals surface area contributed by atoms with Gasteiger partial charge in [-0.15, -0.1) is 11.3 Å². The Morgan fingerprint density at radius 3 is 2.83 bits per heavy atom. The summed E-state index contributed by atoms with van der Waals surface area (Å²) in [6.07, 6.45) is 0. The van der Waals surface area contributed by atoms with E-state index in [1.807, 2.05) is 12.1 Å². The van der Waals surface area contributed by atoms with Crippen molar-refractivity contribution in [2.45, 2.75) is 0 Å². The summed E-state index contributed by atoms with van der Waals surface area (Å²) in [5.74, 6) is 0.314. The summed E-state index contributed by atoms with van der Waals surface area (Å²) < 4.78 is 5.45. The van der Waals surface area contributed by atoms with Gasteiger partial charge in [0.15, 0.2) is 0 Å². The predicted molar refractivity (Wildman–Crippen MR) is 49.2 cm³/mol. The third-order valence-corrected chi connectivity index (χ3v) is 2.61. The molecule has 2 aromatic heterocycles. The van der Waals surface area contributed by atoms with Crippen molar-refractivity contribution in [3.8, 4) is 10.6 Å². The second-order valence-electron chi connectivity index (χ2n) is 2.22. The third kappa shape index (κ3) is 1.31. The van der Waals surface area contributed by atoms with Crippen molar-refractivity contribution in [3.63, 3.8) is 0 Å². The fourth-order valence-electron chi connectivity index (χ4n) is 0.857. The Kier molecular flexibility index (Phi) is 1.78. The topological polar surface area (TPSA) is 52.0 Å². The van der Waals surface area contributed by atoms with Crippen LogP contribution < -0.4 is 5.73 Å². The van der Waals surface area contributed by atoms with Gasteiger partial charge in [-0.25, -0.2) is 0 Å². The van der Waals surface area contributed by atoms with E-state index in [1.165, 1.54) is 11.3 Å². The van der Waals surface area contributed by atoms with Crippen LogP contribution in [0.5, 0.6) is 0 Å². The summed E-state index contributed by atoms with van der Waals surface area (Å²) in [5, 5.41) is 3.75. The highest BCUT2D eigenvalue weighted by Gasteiger charge is 2.05. The monoisotopic (exact) mass is 200 g/mol. The van der Waals surface area contributed by atoms with E-state index in [0.29, 0.717) is 5.88 Å². The lowest BCUT2D eigenvalue weighted by atomic mass is 10.3. The second-order valence-corrected chi connectivity index (χ2v) is 3.93. The molecule has 0 aliphatic rings. The molecule has 2 N–H and O–H groups in total. The van der Waals surface area contributed by atoms with Crippen LogP contribution in [0.2, 0.25) is 4.34 Å². The standard InChI is InChI=1S/C7H5ClN2OS/c8-6-2-1-5(12-6)4-3-7(9)11-10-4/h1-3H,9H2. The van der Waals surface area contributed by atoms with Crippen LogP contribution >= 0.6 is 22.9 Å². The van der Waals surface area contributed by atoms with Crippen LogP contribution in [0, 0.1) is 0 Å². The van der Waals surface area contributed by atoms with Gasteiger partial charge in [-0.3, -0.25) is 0 Å². The molecule has 0 atom stereocenters. The van der Waals surface area contributed by atoms with Crippen molar-refractivity contribution in [2.24, 2.45) is 0 Å². The van der Waals surface area contributed by atoms with Crippen LogP contribution in [0.25, 0.3) is 10.6 Å². The molecular weight excluding hydrogens is 196 g/mol. The summed E-state index contributed by atoms with van der Waals surface area (Å²) in [7, 11) is 0. The molecule has 5 heteroatoms. The van der Waals surface area contributed by atoms with Gasteiger partial charge in [-0.1, -0.05) is 16.8 Å². The molecule has 0 radical (unpaired) electrons. The van der Waals surface area contributed by atoms with Gasteiger partial charge >= 0.3 is 0 Å². The summed E-state index contributed by atoms with van der Waals surface area (Å²) >= 11 is 7.19. The van der Waals surface area contributed by atoms with E-state index in [-0.39, 0.29) is 0 Å². The maximum Gasteiger partial charge on any atom is 0.222 e. The largest absolute Gasteiger partial charge is 0.368 e. The van der Waals surface area contributed by atoms with Crippen LogP contribution in [0.3, 0.4) is 0 Å². The maximum absolute atomic E-state index is 5.75. The van der Waals surface area contributed by atoms with Gasteiger partial charge in [0, 0.05) is 6.07 Å². The Bertz CT molecular complexity index is 357. The number of hydrogen-bond donors (Lipinski definition) is 1. The lowest BCUT2D eigenvalue weighted by Gasteiger charge is -1.82. The van der Waals surface area contributed by atoms with Gasteiger partial charge in [0.25, 0.3) is 0 Å². The molecule has 0 bridgehead atoms. The van der Waals surface area contributed by atoms with E-state index in [1.54, 1.807) is 6.07 Å². The molecule has 12 heavy (non-hydrogen) atoms. The highest BCUT2D eigenvalue weighted by atomic mass is 35.5. The molecule has 0 aromatic carbocycles. The molecule has 62 valence electrons. The third-order valence-electron chi connectivity index (χ3n) is 1.35. The van der Waals surface area contributed by atoms with Crippen LogP contribution in [-0.2, 0) is 0 Å². The summed E-state index contributed by atoms with van der Waals surface area (Å²) in [4.78, 5) is 0.959. The van der Waals surface area contributed by atoms with Gasteiger partial charge in [0.1, 0.15) is 5.69 Å². The molecule has 0 saturated heterocycles. The molecule has 0 aliphatic heterocycles. The molecular formula is C7H5ClN2OS. The van der Waals surface area contributed by atoms with Crippen molar-refractivity contribution in [1.82, 2.24) is 5.16 Å². The zero-order valence-electron chi connectivity index (χ0n) is 5.95. The molecule has 2 aromatic rings. The summed E-state index contributed by atoms with van der Waals surface area (Å²) in [6, 6.07) is 5.36. The summed E-state index contributed by atoms with van der Waals surface area (Å²) in [6.45, 7) is 0. The highest BCUT2D eigenvalue weighted by molar-refractivity contribution is 7.19. The Hall–Kier alpha value is -1.00. The lowest BCUT2D eigenvalue weighted by molar-refractivity contribution is 0.439. The number of nitrogens with zero attached hydrogens (tertiary/aromatic N) is 1. The number of aromatic nitrogens is 1. The number of thiophene rings is 1. The fraction of sp³-hybridized carbons (Fsp3) is 0. The Morgan fingerprint density at radius 2 is 2.33 bits per heavy atom. The zero-order valence-corrected chi connectivity index (χ0v) is 7.52. The minimum absolute atomic E-state index is 0.314. The van der Waals surface area contributed by atoms with Gasteiger partial charge < -0.3 is 10.3 Å². The first-order valence-electron chi connectivity index (χ1n) is 3.23. The second kappa shape index (κ2) is 2.80. The molecule has 0 fully saturated rings. The van der Waals surface area contributed by atoms with Crippen molar-refractivity contribution >= 4 is 28.8 Å². The molecule has 2 heterocycles. The van der Waals surface area contributed by atoms with Crippen LogP contribution in [0.1, 0.15) is 0 Å². The molecule has 0 aliphatic carbocycles. The van der Waals surface area contributed by atoms with Gasteiger partial charge in [0.2, 0.25) is 5.88 Å². The Morgan fingerprint density at radius 1 is 1.50 bits per heavy atom. The molecule has 2 rings (SSSR count). The van der Waals surface area contributed by atoms with Gasteiger partial charge in [-0.2, -0.15) is 0 Å². The van der Waals surface area contributed by atoms with E-state index in [0.717, 1.165) is 14.9 Å².